The second kappa shape index (κ2) is 12.1. The molecule has 5 aromatic rings. The number of carbonyl (C=O) groups excluding carboxylic acids is 1. The monoisotopic (exact) mass is 540 g/mol. The summed E-state index contributed by atoms with van der Waals surface area (Å²) >= 11 is 0. The van der Waals surface area contributed by atoms with Crippen molar-refractivity contribution < 1.29 is 19.2 Å². The number of pyridine rings is 1. The number of nitrogens with one attached hydrogen (secondary N) is 1. The Morgan fingerprint density at radius 2 is 1.46 bits per heavy atom. The van der Waals surface area contributed by atoms with Crippen LogP contribution in [0.4, 0.5) is 5.69 Å². The average Bonchev–Trinajstić information content (AvgIpc) is 3.02. The molecule has 0 bridgehead atoms. The van der Waals surface area contributed by atoms with E-state index < -0.39 is 11.9 Å². The molecule has 1 aliphatic rings. The van der Waals surface area contributed by atoms with Gasteiger partial charge in [-0.2, -0.15) is 0 Å². The smallest absolute Gasteiger partial charge is 0.173 e. The maximum Gasteiger partial charge on any atom is 0.173 e. The number of hydrogen-bond donors (Lipinski definition) is 1. The number of benzene rings is 4. The fourth-order valence-corrected chi connectivity index (χ4v) is 5.67. The van der Waals surface area contributed by atoms with Crippen molar-refractivity contribution in [3.63, 3.8) is 0 Å². The van der Waals surface area contributed by atoms with E-state index in [4.69, 9.17) is 4.74 Å². The summed E-state index contributed by atoms with van der Waals surface area (Å²) < 4.78 is 8.17. The van der Waals surface area contributed by atoms with E-state index in [1.54, 1.807) is 0 Å². The molecule has 0 aliphatic heterocycles. The fraction of sp³-hybridized carbons (Fsp3) is 0.167. The van der Waals surface area contributed by atoms with Crippen LogP contribution in [0.1, 0.15) is 28.2 Å². The molecule has 204 valence electrons. The largest absolute Gasteiger partial charge is 0.550 e. The zero-order valence-corrected chi connectivity index (χ0v) is 22.8. The number of carboxylic acids is 1. The van der Waals surface area contributed by atoms with Gasteiger partial charge in [-0.1, -0.05) is 78.9 Å². The normalized spacial score (nSPS) is 16.0. The number of anilines is 1. The third-order valence-electron chi connectivity index (χ3n) is 7.91. The summed E-state index contributed by atoms with van der Waals surface area (Å²) in [6.45, 7) is 1.09. The van der Waals surface area contributed by atoms with E-state index in [-0.39, 0.29) is 5.92 Å². The van der Waals surface area contributed by atoms with Crippen molar-refractivity contribution in [3.8, 4) is 16.9 Å². The summed E-state index contributed by atoms with van der Waals surface area (Å²) in [6, 6.07) is 38.8. The number of fused-ring (bicyclic) bond motifs is 1. The summed E-state index contributed by atoms with van der Waals surface area (Å²) in [5, 5.41) is 15.3. The van der Waals surface area contributed by atoms with Crippen LogP contribution in [0.2, 0.25) is 0 Å². The summed E-state index contributed by atoms with van der Waals surface area (Å²) in [5.41, 5.74) is 7.85. The summed E-state index contributed by atoms with van der Waals surface area (Å²) in [5.74, 6) is -0.996. The Balaban J connectivity index is 1.04. The first-order valence-corrected chi connectivity index (χ1v) is 14.0. The highest BCUT2D eigenvalue weighted by Gasteiger charge is 2.30. The minimum absolute atomic E-state index is 0.147. The Morgan fingerprint density at radius 3 is 2.20 bits per heavy atom. The molecule has 6 rings (SSSR count). The topological polar surface area (TPSA) is 65.3 Å². The van der Waals surface area contributed by atoms with Gasteiger partial charge < -0.3 is 20.0 Å². The number of ether oxygens (including phenoxy) is 1. The summed E-state index contributed by atoms with van der Waals surface area (Å²) in [7, 11) is 0. The number of hydrogen-bond acceptors (Lipinski definition) is 4. The van der Waals surface area contributed by atoms with E-state index in [0.717, 1.165) is 23.4 Å². The van der Waals surface area contributed by atoms with Gasteiger partial charge in [-0.15, -0.1) is 0 Å². The van der Waals surface area contributed by atoms with Crippen LogP contribution in [0, 0.1) is 5.92 Å². The standard InChI is InChI=1S/C36H32N2O3/c39-36(40)35-23-30-10-5-4-9-29(30)22-34(35)31-11-6-12-33(21-31)41-25-37-32-15-13-26(14-16-32)24-38-19-17-28(18-20-38)27-7-2-1-3-8-27/h1-21,34-35,37H,22-25H2. The van der Waals surface area contributed by atoms with E-state index in [1.807, 2.05) is 48.5 Å². The Morgan fingerprint density at radius 1 is 0.780 bits per heavy atom. The lowest BCUT2D eigenvalue weighted by molar-refractivity contribution is -0.688. The van der Waals surface area contributed by atoms with Crippen molar-refractivity contribution >= 4 is 11.7 Å². The van der Waals surface area contributed by atoms with E-state index in [0.29, 0.717) is 25.3 Å². The molecule has 41 heavy (non-hydrogen) atoms. The summed E-state index contributed by atoms with van der Waals surface area (Å²) in [6.07, 6.45) is 5.39. The van der Waals surface area contributed by atoms with Crippen molar-refractivity contribution in [2.45, 2.75) is 25.3 Å². The second-order valence-corrected chi connectivity index (χ2v) is 10.6. The Hall–Kier alpha value is -4.90. The first-order chi connectivity index (χ1) is 20.1. The van der Waals surface area contributed by atoms with Gasteiger partial charge in [-0.05, 0) is 70.8 Å². The maximum absolute atomic E-state index is 12.0. The van der Waals surface area contributed by atoms with Gasteiger partial charge in [-0.25, -0.2) is 4.57 Å². The molecule has 5 heteroatoms. The number of aromatic nitrogens is 1. The zero-order valence-electron chi connectivity index (χ0n) is 22.8. The molecule has 2 atom stereocenters. The van der Waals surface area contributed by atoms with Crippen LogP contribution >= 0.6 is 0 Å². The fourth-order valence-electron chi connectivity index (χ4n) is 5.67. The van der Waals surface area contributed by atoms with Crippen LogP contribution in [0.5, 0.6) is 5.75 Å². The number of carbonyl (C=O) groups is 1. The Kier molecular flexibility index (Phi) is 7.76. The molecule has 0 radical (unpaired) electrons. The van der Waals surface area contributed by atoms with Crippen LogP contribution in [0.25, 0.3) is 11.1 Å². The lowest BCUT2D eigenvalue weighted by Gasteiger charge is -2.34. The van der Waals surface area contributed by atoms with Gasteiger partial charge in [0.2, 0.25) is 0 Å². The van der Waals surface area contributed by atoms with E-state index in [9.17, 15) is 9.90 Å². The van der Waals surface area contributed by atoms with Crippen molar-refractivity contribution in [2.24, 2.45) is 5.92 Å². The first-order valence-electron chi connectivity index (χ1n) is 14.0. The molecular weight excluding hydrogens is 508 g/mol. The molecule has 2 unspecified atom stereocenters. The van der Waals surface area contributed by atoms with Crippen molar-refractivity contribution in [2.75, 3.05) is 12.0 Å². The molecule has 1 aromatic heterocycles. The molecule has 0 fully saturated rings. The molecule has 5 nitrogen and oxygen atoms in total. The maximum atomic E-state index is 12.0. The SMILES string of the molecule is O=C([O-])C1Cc2ccccc2CC1c1cccc(OCNc2ccc(C[n+]3ccc(-c4ccccc4)cc3)cc2)c1. The van der Waals surface area contributed by atoms with Gasteiger partial charge >= 0.3 is 0 Å². The van der Waals surface area contributed by atoms with Crippen LogP contribution in [-0.2, 0) is 24.2 Å². The highest BCUT2D eigenvalue weighted by molar-refractivity contribution is 5.71. The predicted octanol–water partition coefficient (Wildman–Crippen LogP) is 5.39. The van der Waals surface area contributed by atoms with E-state index >= 15 is 0 Å². The van der Waals surface area contributed by atoms with Crippen molar-refractivity contribution in [1.29, 1.82) is 0 Å². The van der Waals surface area contributed by atoms with Crippen molar-refractivity contribution in [1.82, 2.24) is 0 Å². The van der Waals surface area contributed by atoms with Crippen LogP contribution in [0.3, 0.4) is 0 Å². The average molecular weight is 541 g/mol. The van der Waals surface area contributed by atoms with Crippen LogP contribution in [0.15, 0.2) is 128 Å². The minimum Gasteiger partial charge on any atom is -0.550 e. The third kappa shape index (κ3) is 6.30. The summed E-state index contributed by atoms with van der Waals surface area (Å²) in [4.78, 5) is 12.0. The number of nitrogens with zero attached hydrogens (tertiary/aromatic N) is 1. The van der Waals surface area contributed by atoms with Crippen LogP contribution < -0.4 is 19.7 Å². The second-order valence-electron chi connectivity index (χ2n) is 10.6. The number of carboxylic acid groups (broad SMARTS) is 1. The lowest BCUT2D eigenvalue weighted by Crippen LogP contribution is -2.39. The van der Waals surface area contributed by atoms with E-state index in [1.165, 1.54) is 22.3 Å². The minimum atomic E-state index is -0.997. The van der Waals surface area contributed by atoms with Gasteiger partial charge in [0.05, 0.1) is 0 Å². The molecule has 0 saturated heterocycles. The highest BCUT2D eigenvalue weighted by atomic mass is 16.5. The molecule has 1 N–H and O–H groups in total. The van der Waals surface area contributed by atoms with Crippen molar-refractivity contribution in [3.05, 3.63) is 150 Å². The zero-order chi connectivity index (χ0) is 28.0. The Labute approximate surface area is 240 Å². The number of rotatable bonds is 9. The van der Waals surface area contributed by atoms with Crippen LogP contribution in [-0.4, -0.2) is 12.7 Å². The highest BCUT2D eigenvalue weighted by Crippen LogP contribution is 2.38. The third-order valence-corrected chi connectivity index (χ3v) is 7.91. The Bertz CT molecular complexity index is 1620. The quantitative estimate of drug-likeness (QED) is 0.201. The molecule has 1 heterocycles. The molecule has 1 aliphatic carbocycles. The van der Waals surface area contributed by atoms with E-state index in [2.05, 4.69) is 89.0 Å². The molecule has 4 aromatic carbocycles. The van der Waals surface area contributed by atoms with Gasteiger partial charge in [-0.3, -0.25) is 0 Å². The predicted molar refractivity (Wildman–Crippen MR) is 158 cm³/mol. The molecule has 0 amide bonds. The molecule has 0 spiro atoms. The molecular formula is C36H32N2O3. The number of aliphatic carboxylic acids is 1. The first kappa shape index (κ1) is 26.3. The molecule has 0 saturated carbocycles. The van der Waals surface area contributed by atoms with Gasteiger partial charge in [0.1, 0.15) is 5.75 Å². The van der Waals surface area contributed by atoms with Gasteiger partial charge in [0, 0.05) is 35.3 Å². The van der Waals surface area contributed by atoms with Gasteiger partial charge in [0.15, 0.2) is 25.7 Å². The van der Waals surface area contributed by atoms with Gasteiger partial charge in [0.25, 0.3) is 0 Å². The lowest BCUT2D eigenvalue weighted by atomic mass is 9.73.